The van der Waals surface area contributed by atoms with Crippen LogP contribution in [0.3, 0.4) is 0 Å². The summed E-state index contributed by atoms with van der Waals surface area (Å²) in [7, 11) is 1.47. The number of aromatic nitrogens is 5. The minimum atomic E-state index is -4.69. The molecule has 0 aromatic carbocycles. The van der Waals surface area contributed by atoms with Gasteiger partial charge in [-0.3, -0.25) is 9.48 Å². The summed E-state index contributed by atoms with van der Waals surface area (Å²) in [4.78, 5) is 18.0. The number of fused-ring (bicyclic) bond motifs is 1. The summed E-state index contributed by atoms with van der Waals surface area (Å²) < 4.78 is 42.1. The maximum atomic E-state index is 13.3. The number of nitrogens with zero attached hydrogens (tertiary/aromatic N) is 6. The van der Waals surface area contributed by atoms with Crippen molar-refractivity contribution < 1.29 is 18.0 Å². The highest BCUT2D eigenvalue weighted by molar-refractivity contribution is 6.36. The second kappa shape index (κ2) is 7.25. The van der Waals surface area contributed by atoms with Crippen LogP contribution in [0.2, 0.25) is 10.0 Å². The third-order valence-electron chi connectivity index (χ3n) is 4.08. The van der Waals surface area contributed by atoms with Crippen LogP contribution in [0.15, 0.2) is 12.3 Å². The molecule has 0 fully saturated rings. The van der Waals surface area contributed by atoms with Crippen LogP contribution < -0.4 is 0 Å². The monoisotopic (exact) mass is 434 g/mol. The van der Waals surface area contributed by atoms with E-state index in [9.17, 15) is 18.0 Å². The number of amides is 1. The SMILES string of the molecule is CCn1ncc(Cl)c1CN(C)C(=O)c1nn2c(C(F)(F)F)cc(C)nc2c1Cl. The van der Waals surface area contributed by atoms with Gasteiger partial charge in [-0.25, -0.2) is 9.50 Å². The molecule has 12 heteroatoms. The molecule has 0 unspecified atom stereocenters. The topological polar surface area (TPSA) is 68.3 Å². The van der Waals surface area contributed by atoms with E-state index in [1.807, 2.05) is 6.92 Å². The normalized spacial score (nSPS) is 12.0. The molecule has 3 aromatic heterocycles. The van der Waals surface area contributed by atoms with Crippen LogP contribution in [0.5, 0.6) is 0 Å². The quantitative estimate of drug-likeness (QED) is 0.625. The van der Waals surface area contributed by atoms with Crippen molar-refractivity contribution in [2.24, 2.45) is 0 Å². The highest BCUT2D eigenvalue weighted by atomic mass is 35.5. The first-order chi connectivity index (χ1) is 13.0. The molecule has 7 nitrogen and oxygen atoms in total. The summed E-state index contributed by atoms with van der Waals surface area (Å²) in [5.41, 5.74) is -0.933. The Hall–Kier alpha value is -2.33. The van der Waals surface area contributed by atoms with Gasteiger partial charge in [0.05, 0.1) is 23.5 Å². The molecule has 0 spiro atoms. The lowest BCUT2D eigenvalue weighted by Crippen LogP contribution is -2.28. The van der Waals surface area contributed by atoms with Gasteiger partial charge in [-0.15, -0.1) is 0 Å². The summed E-state index contributed by atoms with van der Waals surface area (Å²) in [5.74, 6) is -0.666. The van der Waals surface area contributed by atoms with Crippen LogP contribution in [0, 0.1) is 6.92 Å². The van der Waals surface area contributed by atoms with Crippen molar-refractivity contribution in [3.63, 3.8) is 0 Å². The van der Waals surface area contributed by atoms with Gasteiger partial charge in [-0.2, -0.15) is 23.4 Å². The standard InChI is InChI=1S/C16H15Cl2F3N6O/c1-4-26-10(9(17)6-22-26)7-25(3)15(28)13-12(18)14-23-8(2)5-11(16(19,20)21)27(14)24-13/h5-6H,4,7H2,1-3H3. The molecular weight excluding hydrogens is 420 g/mol. The Morgan fingerprint density at radius 3 is 2.61 bits per heavy atom. The number of carbonyl (C=O) groups excluding carboxylic acids is 1. The maximum absolute atomic E-state index is 13.3. The second-order valence-corrected chi connectivity index (χ2v) is 6.88. The molecule has 0 atom stereocenters. The minimum Gasteiger partial charge on any atom is -0.334 e. The smallest absolute Gasteiger partial charge is 0.334 e. The van der Waals surface area contributed by atoms with E-state index >= 15 is 0 Å². The van der Waals surface area contributed by atoms with Gasteiger partial charge >= 0.3 is 6.18 Å². The van der Waals surface area contributed by atoms with Crippen LogP contribution in [0.1, 0.15) is 34.5 Å². The Balaban J connectivity index is 2.02. The average molecular weight is 435 g/mol. The lowest BCUT2D eigenvalue weighted by atomic mass is 10.3. The van der Waals surface area contributed by atoms with Crippen molar-refractivity contribution >= 4 is 34.8 Å². The Morgan fingerprint density at radius 2 is 2.00 bits per heavy atom. The number of rotatable bonds is 4. The number of hydrogen-bond donors (Lipinski definition) is 0. The van der Waals surface area contributed by atoms with Crippen molar-refractivity contribution in [2.45, 2.75) is 33.1 Å². The lowest BCUT2D eigenvalue weighted by Gasteiger charge is -2.17. The molecule has 0 radical (unpaired) electrons. The van der Waals surface area contributed by atoms with Gasteiger partial charge in [-0.1, -0.05) is 23.2 Å². The number of hydrogen-bond acceptors (Lipinski definition) is 4. The Morgan fingerprint density at radius 1 is 1.32 bits per heavy atom. The van der Waals surface area contributed by atoms with E-state index in [0.717, 1.165) is 6.07 Å². The van der Waals surface area contributed by atoms with Gasteiger partial charge < -0.3 is 4.90 Å². The summed E-state index contributed by atoms with van der Waals surface area (Å²) in [6.07, 6.45) is -3.23. The Labute approximate surface area is 167 Å². The van der Waals surface area contributed by atoms with E-state index in [-0.39, 0.29) is 28.6 Å². The van der Waals surface area contributed by atoms with Gasteiger partial charge in [-0.05, 0) is 19.9 Å². The van der Waals surface area contributed by atoms with Crippen LogP contribution >= 0.6 is 23.2 Å². The molecule has 3 rings (SSSR count). The van der Waals surface area contributed by atoms with Crippen molar-refractivity contribution in [2.75, 3.05) is 7.05 Å². The Kier molecular flexibility index (Phi) is 5.28. The van der Waals surface area contributed by atoms with E-state index in [0.29, 0.717) is 21.8 Å². The molecule has 3 heterocycles. The van der Waals surface area contributed by atoms with Gasteiger partial charge in [0.1, 0.15) is 10.7 Å². The number of halogens is 5. The summed E-state index contributed by atoms with van der Waals surface area (Å²) in [6, 6.07) is 0.841. The van der Waals surface area contributed by atoms with E-state index < -0.39 is 17.8 Å². The van der Waals surface area contributed by atoms with Crippen LogP contribution in [-0.4, -0.2) is 42.2 Å². The first-order valence-electron chi connectivity index (χ1n) is 8.13. The maximum Gasteiger partial charge on any atom is 0.433 e. The zero-order valence-corrected chi connectivity index (χ0v) is 16.6. The first-order valence-corrected chi connectivity index (χ1v) is 8.88. The minimum absolute atomic E-state index is 0.0777. The molecule has 3 aromatic rings. The van der Waals surface area contributed by atoms with Gasteiger partial charge in [0.25, 0.3) is 5.91 Å². The van der Waals surface area contributed by atoms with E-state index in [1.54, 1.807) is 4.68 Å². The van der Waals surface area contributed by atoms with Gasteiger partial charge in [0.2, 0.25) is 0 Å². The van der Waals surface area contributed by atoms with Crippen molar-refractivity contribution in [3.05, 3.63) is 45.1 Å². The zero-order valence-electron chi connectivity index (χ0n) is 15.1. The molecule has 28 heavy (non-hydrogen) atoms. The molecule has 0 N–H and O–H groups in total. The van der Waals surface area contributed by atoms with Gasteiger partial charge in [0, 0.05) is 19.3 Å². The predicted octanol–water partition coefficient (Wildman–Crippen LogP) is 3.85. The van der Waals surface area contributed by atoms with Crippen molar-refractivity contribution in [1.29, 1.82) is 0 Å². The van der Waals surface area contributed by atoms with E-state index in [2.05, 4.69) is 15.2 Å². The van der Waals surface area contributed by atoms with E-state index in [1.165, 1.54) is 25.1 Å². The zero-order chi connectivity index (χ0) is 20.8. The highest BCUT2D eigenvalue weighted by Crippen LogP contribution is 2.32. The fourth-order valence-corrected chi connectivity index (χ4v) is 3.19. The molecule has 0 bridgehead atoms. The number of aryl methyl sites for hydroxylation is 2. The molecular formula is C16H15Cl2F3N6O. The fourth-order valence-electron chi connectivity index (χ4n) is 2.75. The molecule has 1 amide bonds. The number of carbonyl (C=O) groups is 1. The average Bonchev–Trinajstić information content (AvgIpc) is 3.13. The molecule has 150 valence electrons. The van der Waals surface area contributed by atoms with E-state index in [4.69, 9.17) is 23.2 Å². The summed E-state index contributed by atoms with van der Waals surface area (Å²) >= 11 is 12.3. The second-order valence-electron chi connectivity index (χ2n) is 6.09. The summed E-state index contributed by atoms with van der Waals surface area (Å²) in [6.45, 7) is 3.88. The first kappa shape index (κ1) is 20.4. The Bertz CT molecular complexity index is 1060. The largest absolute Gasteiger partial charge is 0.433 e. The predicted molar refractivity (Wildman–Crippen MR) is 96.4 cm³/mol. The van der Waals surface area contributed by atoms with Crippen LogP contribution in [0.25, 0.3) is 5.65 Å². The van der Waals surface area contributed by atoms with Crippen molar-refractivity contribution in [1.82, 2.24) is 29.3 Å². The third kappa shape index (κ3) is 3.53. The third-order valence-corrected chi connectivity index (χ3v) is 4.75. The molecule has 0 saturated heterocycles. The molecule has 0 aliphatic heterocycles. The van der Waals surface area contributed by atoms with Crippen LogP contribution in [0.4, 0.5) is 13.2 Å². The lowest BCUT2D eigenvalue weighted by molar-refractivity contribution is -0.142. The molecule has 0 aliphatic rings. The highest BCUT2D eigenvalue weighted by Gasteiger charge is 2.36. The number of alkyl halides is 3. The fraction of sp³-hybridized carbons (Fsp3) is 0.375. The van der Waals surface area contributed by atoms with Gasteiger partial charge in [0.15, 0.2) is 11.3 Å². The van der Waals surface area contributed by atoms with Crippen LogP contribution in [-0.2, 0) is 19.3 Å². The summed E-state index contributed by atoms with van der Waals surface area (Å²) in [5, 5.41) is 8.00. The molecule has 0 saturated carbocycles. The van der Waals surface area contributed by atoms with Crippen molar-refractivity contribution in [3.8, 4) is 0 Å². The molecule has 0 aliphatic carbocycles.